The second-order valence-corrected chi connectivity index (χ2v) is 4.47. The number of aromatic nitrogens is 4. The number of nitrogens with one attached hydrogen (secondary N) is 2. The minimum atomic E-state index is -0.460. The van der Waals surface area contributed by atoms with Crippen LogP contribution in [-0.2, 0) is 4.74 Å². The van der Waals surface area contributed by atoms with E-state index in [1.807, 2.05) is 0 Å². The van der Waals surface area contributed by atoms with Gasteiger partial charge in [-0.05, 0) is 12.1 Å². The third-order valence-corrected chi connectivity index (χ3v) is 2.99. The number of hydrogen-bond acceptors (Lipinski definition) is 6. The molecule has 1 aromatic carbocycles. The summed E-state index contributed by atoms with van der Waals surface area (Å²) in [5, 5.41) is 10.4. The Morgan fingerprint density at radius 1 is 1.27 bits per heavy atom. The molecule has 0 spiro atoms. The maximum absolute atomic E-state index is 14.0. The zero-order valence-corrected chi connectivity index (χ0v) is 11.8. The van der Waals surface area contributed by atoms with Crippen molar-refractivity contribution in [3.63, 3.8) is 0 Å². The summed E-state index contributed by atoms with van der Waals surface area (Å²) >= 11 is 0. The molecular formula is C14H14FN5O2. The fraction of sp³-hybridized carbons (Fsp3) is 0.214. The van der Waals surface area contributed by atoms with Crippen molar-refractivity contribution in [2.75, 3.05) is 25.6 Å². The van der Waals surface area contributed by atoms with Gasteiger partial charge in [-0.25, -0.2) is 14.4 Å². The summed E-state index contributed by atoms with van der Waals surface area (Å²) in [6.45, 7) is 0.695. The van der Waals surface area contributed by atoms with Gasteiger partial charge in [0.2, 0.25) is 0 Å². The van der Waals surface area contributed by atoms with Crippen LogP contribution in [0.25, 0.3) is 11.0 Å². The van der Waals surface area contributed by atoms with Gasteiger partial charge in [0.05, 0.1) is 18.2 Å². The maximum Gasteiger partial charge on any atom is 0.167 e. The second kappa shape index (κ2) is 6.35. The number of anilines is 2. The maximum atomic E-state index is 14.0. The summed E-state index contributed by atoms with van der Waals surface area (Å²) in [4.78, 5) is 8.18. The number of H-pyrrole nitrogens is 1. The molecule has 0 radical (unpaired) electrons. The Labute approximate surface area is 125 Å². The molecule has 0 bridgehead atoms. The number of halogens is 1. The standard InChI is InChI=1S/C14H14FN5O2/c1-21-4-5-22-12-3-2-9(6-11(12)15)19-13-10-7-18-20-14(10)17-8-16-13/h2-3,6-8H,4-5H2,1H3,(H2,16,17,18,19,20). The molecule has 0 amide bonds. The van der Waals surface area contributed by atoms with E-state index >= 15 is 0 Å². The van der Waals surface area contributed by atoms with E-state index in [4.69, 9.17) is 9.47 Å². The molecule has 2 N–H and O–H groups in total. The Morgan fingerprint density at radius 3 is 3.00 bits per heavy atom. The van der Waals surface area contributed by atoms with E-state index < -0.39 is 5.82 Å². The fourth-order valence-electron chi connectivity index (χ4n) is 1.93. The molecule has 7 nitrogen and oxygen atoms in total. The van der Waals surface area contributed by atoms with Crippen molar-refractivity contribution < 1.29 is 13.9 Å². The highest BCUT2D eigenvalue weighted by atomic mass is 19.1. The second-order valence-electron chi connectivity index (χ2n) is 4.47. The summed E-state index contributed by atoms with van der Waals surface area (Å²) in [5.74, 6) is 0.267. The van der Waals surface area contributed by atoms with Gasteiger partial charge >= 0.3 is 0 Å². The number of rotatable bonds is 6. The van der Waals surface area contributed by atoms with Crippen LogP contribution in [0.2, 0.25) is 0 Å². The summed E-state index contributed by atoms with van der Waals surface area (Å²) < 4.78 is 24.1. The molecule has 0 aliphatic rings. The highest BCUT2D eigenvalue weighted by Crippen LogP contribution is 2.25. The summed E-state index contributed by atoms with van der Waals surface area (Å²) in [6, 6.07) is 4.61. The number of methoxy groups -OCH3 is 1. The monoisotopic (exact) mass is 303 g/mol. The van der Waals surface area contributed by atoms with Crippen LogP contribution in [0.1, 0.15) is 0 Å². The zero-order chi connectivity index (χ0) is 15.4. The number of aromatic amines is 1. The van der Waals surface area contributed by atoms with Crippen LogP contribution in [0.5, 0.6) is 5.75 Å². The molecule has 22 heavy (non-hydrogen) atoms. The van der Waals surface area contributed by atoms with Crippen molar-refractivity contribution >= 4 is 22.5 Å². The third-order valence-electron chi connectivity index (χ3n) is 2.99. The first-order chi connectivity index (χ1) is 10.8. The molecule has 2 heterocycles. The Kier molecular flexibility index (Phi) is 4.10. The lowest BCUT2D eigenvalue weighted by atomic mass is 10.2. The Bertz CT molecular complexity index is 777. The van der Waals surface area contributed by atoms with Crippen LogP contribution in [0.3, 0.4) is 0 Å². The van der Waals surface area contributed by atoms with E-state index in [0.717, 1.165) is 5.39 Å². The number of ether oxygens (including phenoxy) is 2. The first-order valence-electron chi connectivity index (χ1n) is 6.60. The molecule has 0 aliphatic heterocycles. The van der Waals surface area contributed by atoms with Crippen molar-refractivity contribution in [1.29, 1.82) is 0 Å². The van der Waals surface area contributed by atoms with Crippen LogP contribution in [0.4, 0.5) is 15.9 Å². The Morgan fingerprint density at radius 2 is 2.18 bits per heavy atom. The summed E-state index contributed by atoms with van der Waals surface area (Å²) in [5.41, 5.74) is 1.16. The van der Waals surface area contributed by atoms with Crippen LogP contribution in [0, 0.1) is 5.82 Å². The molecule has 3 rings (SSSR count). The average Bonchev–Trinajstić information content (AvgIpc) is 2.99. The molecule has 0 saturated carbocycles. The smallest absolute Gasteiger partial charge is 0.167 e. The molecule has 2 aromatic heterocycles. The quantitative estimate of drug-likeness (QED) is 0.679. The molecule has 0 fully saturated rings. The normalized spacial score (nSPS) is 10.8. The van der Waals surface area contributed by atoms with E-state index in [0.29, 0.717) is 30.4 Å². The molecule has 8 heteroatoms. The third kappa shape index (κ3) is 2.96. The van der Waals surface area contributed by atoms with Gasteiger partial charge in [0, 0.05) is 18.9 Å². The molecule has 0 atom stereocenters. The highest BCUT2D eigenvalue weighted by molar-refractivity contribution is 5.87. The van der Waals surface area contributed by atoms with E-state index in [1.54, 1.807) is 25.4 Å². The fourth-order valence-corrected chi connectivity index (χ4v) is 1.93. The lowest BCUT2D eigenvalue weighted by Crippen LogP contribution is -2.05. The van der Waals surface area contributed by atoms with Crippen LogP contribution < -0.4 is 10.1 Å². The summed E-state index contributed by atoms with van der Waals surface area (Å²) in [7, 11) is 1.56. The first-order valence-corrected chi connectivity index (χ1v) is 6.60. The van der Waals surface area contributed by atoms with Crippen molar-refractivity contribution in [3.8, 4) is 5.75 Å². The van der Waals surface area contributed by atoms with Gasteiger partial charge in [-0.1, -0.05) is 0 Å². The number of benzene rings is 1. The average molecular weight is 303 g/mol. The van der Waals surface area contributed by atoms with E-state index in [2.05, 4.69) is 25.5 Å². The Hall–Kier alpha value is -2.74. The minimum absolute atomic E-state index is 0.179. The van der Waals surface area contributed by atoms with Crippen molar-refractivity contribution in [2.45, 2.75) is 0 Å². The zero-order valence-electron chi connectivity index (χ0n) is 11.8. The van der Waals surface area contributed by atoms with Gasteiger partial charge in [-0.3, -0.25) is 5.10 Å². The van der Waals surface area contributed by atoms with Crippen molar-refractivity contribution in [2.24, 2.45) is 0 Å². The number of fused-ring (bicyclic) bond motifs is 1. The largest absolute Gasteiger partial charge is 0.488 e. The van der Waals surface area contributed by atoms with Gasteiger partial charge in [0.15, 0.2) is 17.2 Å². The number of nitrogens with zero attached hydrogens (tertiary/aromatic N) is 3. The van der Waals surface area contributed by atoms with Gasteiger partial charge in [0.25, 0.3) is 0 Å². The predicted octanol–water partition coefficient (Wildman–Crippen LogP) is 2.26. The van der Waals surface area contributed by atoms with Gasteiger partial charge in [0.1, 0.15) is 18.8 Å². The highest BCUT2D eigenvalue weighted by Gasteiger charge is 2.08. The summed E-state index contributed by atoms with van der Waals surface area (Å²) in [6.07, 6.45) is 3.01. The van der Waals surface area contributed by atoms with Crippen molar-refractivity contribution in [3.05, 3.63) is 36.5 Å². The Balaban J connectivity index is 1.78. The van der Waals surface area contributed by atoms with Gasteiger partial charge in [-0.2, -0.15) is 5.10 Å². The van der Waals surface area contributed by atoms with Crippen LogP contribution in [-0.4, -0.2) is 40.5 Å². The predicted molar refractivity (Wildman–Crippen MR) is 78.7 cm³/mol. The van der Waals surface area contributed by atoms with E-state index in [9.17, 15) is 4.39 Å². The molecule has 114 valence electrons. The topological polar surface area (TPSA) is 85.0 Å². The van der Waals surface area contributed by atoms with Crippen LogP contribution >= 0.6 is 0 Å². The minimum Gasteiger partial charge on any atom is -0.488 e. The lowest BCUT2D eigenvalue weighted by molar-refractivity contribution is 0.144. The van der Waals surface area contributed by atoms with Gasteiger partial charge < -0.3 is 14.8 Å². The molecule has 3 aromatic rings. The molecule has 0 unspecified atom stereocenters. The lowest BCUT2D eigenvalue weighted by Gasteiger charge is -2.10. The molecule has 0 saturated heterocycles. The number of hydrogen-bond donors (Lipinski definition) is 2. The van der Waals surface area contributed by atoms with Gasteiger partial charge in [-0.15, -0.1) is 0 Å². The molecular weight excluding hydrogens is 289 g/mol. The SMILES string of the molecule is COCCOc1ccc(Nc2ncnc3[nH]ncc23)cc1F. The van der Waals surface area contributed by atoms with Crippen molar-refractivity contribution in [1.82, 2.24) is 20.2 Å². The first kappa shape index (κ1) is 14.2. The van der Waals surface area contributed by atoms with E-state index in [-0.39, 0.29) is 5.75 Å². The van der Waals surface area contributed by atoms with Crippen LogP contribution in [0.15, 0.2) is 30.7 Å². The van der Waals surface area contributed by atoms with E-state index in [1.165, 1.54) is 12.4 Å². The molecule has 0 aliphatic carbocycles.